The van der Waals surface area contributed by atoms with Gasteiger partial charge in [-0.3, -0.25) is 4.79 Å². The van der Waals surface area contributed by atoms with Crippen LogP contribution in [0.25, 0.3) is 0 Å². The lowest BCUT2D eigenvalue weighted by Crippen LogP contribution is -2.33. The molecule has 1 saturated heterocycles. The highest BCUT2D eigenvalue weighted by Crippen LogP contribution is 2.28. The van der Waals surface area contributed by atoms with Crippen molar-refractivity contribution < 1.29 is 4.79 Å². The summed E-state index contributed by atoms with van der Waals surface area (Å²) in [4.78, 5) is 13.2. The van der Waals surface area contributed by atoms with Gasteiger partial charge < -0.3 is 4.90 Å². The molecule has 1 fully saturated rings. The third kappa shape index (κ3) is 1.64. The first-order chi connectivity index (χ1) is 6.81. The number of carbonyl (C=O) groups is 1. The fourth-order valence-corrected chi connectivity index (χ4v) is 2.50. The van der Waals surface area contributed by atoms with E-state index in [0.29, 0.717) is 18.6 Å². The Morgan fingerprint density at radius 3 is 2.79 bits per heavy atom. The summed E-state index contributed by atoms with van der Waals surface area (Å²) in [5.74, 6) is 0.330. The van der Waals surface area contributed by atoms with Gasteiger partial charge in [0.2, 0.25) is 0 Å². The number of ketones is 1. The SMILES string of the molecule is N#Cc1ccsc1N1CCC(=O)CC1. The number of thiophene rings is 1. The van der Waals surface area contributed by atoms with Gasteiger partial charge in [-0.15, -0.1) is 11.3 Å². The zero-order chi connectivity index (χ0) is 9.97. The second-order valence-corrected chi connectivity index (χ2v) is 4.17. The normalized spacial score (nSPS) is 16.8. The van der Waals surface area contributed by atoms with Crippen LogP contribution < -0.4 is 4.90 Å². The van der Waals surface area contributed by atoms with Gasteiger partial charge >= 0.3 is 0 Å². The Labute approximate surface area is 86.6 Å². The average molecular weight is 206 g/mol. The molecule has 0 radical (unpaired) electrons. The lowest BCUT2D eigenvalue weighted by atomic mass is 10.1. The first-order valence-corrected chi connectivity index (χ1v) is 5.43. The van der Waals surface area contributed by atoms with Gasteiger partial charge in [0.25, 0.3) is 0 Å². The van der Waals surface area contributed by atoms with Gasteiger partial charge in [-0.25, -0.2) is 0 Å². The van der Waals surface area contributed by atoms with E-state index in [4.69, 9.17) is 5.26 Å². The van der Waals surface area contributed by atoms with Crippen LogP contribution in [-0.2, 0) is 4.79 Å². The molecule has 0 bridgehead atoms. The number of nitriles is 1. The largest absolute Gasteiger partial charge is 0.361 e. The molecule has 72 valence electrons. The van der Waals surface area contributed by atoms with Crippen molar-refractivity contribution in [3.8, 4) is 6.07 Å². The minimum Gasteiger partial charge on any atom is -0.361 e. The van der Waals surface area contributed by atoms with Crippen LogP contribution in [0.3, 0.4) is 0 Å². The van der Waals surface area contributed by atoms with Crippen LogP contribution >= 0.6 is 11.3 Å². The predicted molar refractivity (Wildman–Crippen MR) is 55.5 cm³/mol. The molecule has 1 aromatic heterocycles. The summed E-state index contributed by atoms with van der Waals surface area (Å²) in [6, 6.07) is 4.00. The molecule has 0 amide bonds. The Morgan fingerprint density at radius 2 is 2.14 bits per heavy atom. The van der Waals surface area contributed by atoms with Crippen molar-refractivity contribution in [1.82, 2.24) is 0 Å². The maximum absolute atomic E-state index is 11.0. The summed E-state index contributed by atoms with van der Waals surface area (Å²) >= 11 is 1.57. The summed E-state index contributed by atoms with van der Waals surface area (Å²) in [6.45, 7) is 1.52. The highest BCUT2D eigenvalue weighted by molar-refractivity contribution is 7.14. The summed E-state index contributed by atoms with van der Waals surface area (Å²) in [7, 11) is 0. The van der Waals surface area contributed by atoms with Crippen molar-refractivity contribution in [1.29, 1.82) is 5.26 Å². The average Bonchev–Trinajstić information content (AvgIpc) is 2.67. The number of carbonyl (C=O) groups excluding carboxylic acids is 1. The summed E-state index contributed by atoms with van der Waals surface area (Å²) in [5.41, 5.74) is 0.726. The lowest BCUT2D eigenvalue weighted by molar-refractivity contribution is -0.119. The zero-order valence-electron chi connectivity index (χ0n) is 7.69. The Morgan fingerprint density at radius 1 is 1.43 bits per heavy atom. The molecule has 4 heteroatoms. The van der Waals surface area contributed by atoms with E-state index in [-0.39, 0.29) is 0 Å². The van der Waals surface area contributed by atoms with Crippen LogP contribution in [0.1, 0.15) is 18.4 Å². The number of anilines is 1. The van der Waals surface area contributed by atoms with Crippen LogP contribution in [0.2, 0.25) is 0 Å². The van der Waals surface area contributed by atoms with E-state index in [1.807, 2.05) is 11.4 Å². The van der Waals surface area contributed by atoms with Crippen LogP contribution in [0.5, 0.6) is 0 Å². The Kier molecular flexibility index (Phi) is 2.51. The summed E-state index contributed by atoms with van der Waals surface area (Å²) < 4.78 is 0. The van der Waals surface area contributed by atoms with Crippen LogP contribution in [0.15, 0.2) is 11.4 Å². The Bertz CT molecular complexity index is 381. The number of hydrogen-bond donors (Lipinski definition) is 0. The fourth-order valence-electron chi connectivity index (χ4n) is 1.59. The molecule has 0 spiro atoms. The number of rotatable bonds is 1. The molecule has 3 nitrogen and oxygen atoms in total. The fraction of sp³-hybridized carbons (Fsp3) is 0.400. The van der Waals surface area contributed by atoms with Crippen LogP contribution in [0.4, 0.5) is 5.00 Å². The molecule has 0 N–H and O–H groups in total. The standard InChI is InChI=1S/C10H10N2OS/c11-7-8-3-6-14-10(8)12-4-1-9(13)2-5-12/h3,6H,1-2,4-5H2. The second-order valence-electron chi connectivity index (χ2n) is 3.28. The summed E-state index contributed by atoms with van der Waals surface area (Å²) in [5, 5.41) is 11.8. The Hall–Kier alpha value is -1.34. The predicted octanol–water partition coefficient (Wildman–Crippen LogP) is 1.79. The molecular formula is C10H10N2OS. The maximum atomic E-state index is 11.0. The zero-order valence-corrected chi connectivity index (χ0v) is 8.51. The molecule has 2 heterocycles. The molecule has 0 aromatic carbocycles. The highest BCUT2D eigenvalue weighted by Gasteiger charge is 2.19. The third-order valence-electron chi connectivity index (χ3n) is 2.37. The van der Waals surface area contributed by atoms with Gasteiger partial charge in [0, 0.05) is 25.9 Å². The van der Waals surface area contributed by atoms with Crippen molar-refractivity contribution in [3.05, 3.63) is 17.0 Å². The molecular weight excluding hydrogens is 196 g/mol. The molecule has 2 rings (SSSR count). The minimum atomic E-state index is 0.330. The van der Waals surface area contributed by atoms with Crippen LogP contribution in [-0.4, -0.2) is 18.9 Å². The van der Waals surface area contributed by atoms with Crippen molar-refractivity contribution in [2.24, 2.45) is 0 Å². The van der Waals surface area contributed by atoms with E-state index < -0.39 is 0 Å². The molecule has 1 aromatic rings. The van der Waals surface area contributed by atoms with Crippen molar-refractivity contribution in [2.45, 2.75) is 12.8 Å². The van der Waals surface area contributed by atoms with Gasteiger partial charge in [0.15, 0.2) is 0 Å². The van der Waals surface area contributed by atoms with Crippen molar-refractivity contribution >= 4 is 22.1 Å². The van der Waals surface area contributed by atoms with Gasteiger partial charge in [-0.1, -0.05) is 0 Å². The van der Waals surface area contributed by atoms with E-state index in [1.54, 1.807) is 11.3 Å². The number of nitrogens with zero attached hydrogens (tertiary/aromatic N) is 2. The maximum Gasteiger partial charge on any atom is 0.136 e. The van der Waals surface area contributed by atoms with E-state index in [2.05, 4.69) is 11.0 Å². The molecule has 0 atom stereocenters. The topological polar surface area (TPSA) is 44.1 Å². The first-order valence-electron chi connectivity index (χ1n) is 4.55. The number of piperidine rings is 1. The summed E-state index contributed by atoms with van der Waals surface area (Å²) in [6.07, 6.45) is 1.23. The monoisotopic (exact) mass is 206 g/mol. The number of hydrogen-bond acceptors (Lipinski definition) is 4. The lowest BCUT2D eigenvalue weighted by Gasteiger charge is -2.26. The minimum absolute atomic E-state index is 0.330. The molecule has 1 aliphatic rings. The van der Waals surface area contributed by atoms with Gasteiger partial charge in [-0.05, 0) is 11.4 Å². The van der Waals surface area contributed by atoms with Crippen molar-refractivity contribution in [3.63, 3.8) is 0 Å². The highest BCUT2D eigenvalue weighted by atomic mass is 32.1. The van der Waals surface area contributed by atoms with Crippen molar-refractivity contribution in [2.75, 3.05) is 18.0 Å². The molecule has 0 aliphatic carbocycles. The van der Waals surface area contributed by atoms with E-state index in [0.717, 1.165) is 23.7 Å². The van der Waals surface area contributed by atoms with Gasteiger partial charge in [0.05, 0.1) is 5.56 Å². The quantitative estimate of drug-likeness (QED) is 0.703. The third-order valence-corrected chi connectivity index (χ3v) is 3.35. The van der Waals surface area contributed by atoms with Crippen LogP contribution in [0, 0.1) is 11.3 Å². The van der Waals surface area contributed by atoms with Gasteiger partial charge in [0.1, 0.15) is 16.9 Å². The smallest absolute Gasteiger partial charge is 0.136 e. The van der Waals surface area contributed by atoms with E-state index in [1.165, 1.54) is 0 Å². The molecule has 1 aliphatic heterocycles. The molecule has 0 saturated carbocycles. The number of Topliss-reactive ketones (excluding diaryl/α,β-unsaturated/α-hetero) is 1. The first kappa shape index (κ1) is 9.22. The van der Waals surface area contributed by atoms with Gasteiger partial charge in [-0.2, -0.15) is 5.26 Å². The molecule has 0 unspecified atom stereocenters. The second kappa shape index (κ2) is 3.81. The Balaban J connectivity index is 2.16. The molecule has 14 heavy (non-hydrogen) atoms. The van der Waals surface area contributed by atoms with E-state index in [9.17, 15) is 4.79 Å². The van der Waals surface area contributed by atoms with E-state index >= 15 is 0 Å².